The molecule has 1 fully saturated rings. The van der Waals surface area contributed by atoms with Crippen LogP contribution in [0, 0.1) is 0 Å². The fourth-order valence-electron chi connectivity index (χ4n) is 4.92. The van der Waals surface area contributed by atoms with Crippen LogP contribution >= 0.6 is 0 Å². The molecule has 1 saturated carbocycles. The number of rotatable bonds is 5. The second-order valence-electron chi connectivity index (χ2n) is 8.69. The van der Waals surface area contributed by atoms with E-state index in [0.717, 1.165) is 31.6 Å². The van der Waals surface area contributed by atoms with E-state index >= 15 is 0 Å². The molecule has 0 spiro atoms. The van der Waals surface area contributed by atoms with Gasteiger partial charge in [0.05, 0.1) is 0 Å². The minimum atomic E-state index is 0.744. The van der Waals surface area contributed by atoms with Crippen LogP contribution in [0.3, 0.4) is 0 Å². The van der Waals surface area contributed by atoms with Gasteiger partial charge in [-0.2, -0.15) is 0 Å². The van der Waals surface area contributed by atoms with E-state index in [0.29, 0.717) is 0 Å². The monoisotopic (exact) mass is 356 g/mol. The van der Waals surface area contributed by atoms with Crippen LogP contribution in [0.25, 0.3) is 16.7 Å². The molecule has 0 N–H and O–H groups in total. The topological polar surface area (TPSA) is 0 Å². The average Bonchev–Trinajstić information content (AvgIpc) is 3.08. The lowest BCUT2D eigenvalue weighted by Gasteiger charge is -2.24. The van der Waals surface area contributed by atoms with E-state index in [9.17, 15) is 0 Å². The number of benzene rings is 2. The molecule has 0 heteroatoms. The van der Waals surface area contributed by atoms with E-state index in [1.165, 1.54) is 71.1 Å². The fraction of sp³-hybridized carbons (Fsp3) is 0.407. The first-order valence-corrected chi connectivity index (χ1v) is 10.7. The van der Waals surface area contributed by atoms with Gasteiger partial charge in [-0.1, -0.05) is 67.8 Å². The maximum Gasteiger partial charge on any atom is -0.0146 e. The van der Waals surface area contributed by atoms with Gasteiger partial charge in [-0.05, 0) is 90.3 Å². The standard InChI is InChI=1S/C27H32/c1-19(2)12-14-21-16-23(22-8-5-4-6-9-22)18-24(17-21)26-11-7-10-25-20(3)13-15-27(25)26/h7,10-11,16-18,22H,1,3-6,8-9,12-15H2,2H3. The summed E-state index contributed by atoms with van der Waals surface area (Å²) in [6, 6.07) is 14.2. The van der Waals surface area contributed by atoms with Crippen LogP contribution < -0.4 is 0 Å². The summed E-state index contributed by atoms with van der Waals surface area (Å²) in [4.78, 5) is 0. The van der Waals surface area contributed by atoms with Gasteiger partial charge in [-0.25, -0.2) is 0 Å². The van der Waals surface area contributed by atoms with Gasteiger partial charge in [-0.15, -0.1) is 6.58 Å². The molecule has 4 rings (SSSR count). The summed E-state index contributed by atoms with van der Waals surface area (Å²) < 4.78 is 0. The maximum atomic E-state index is 4.28. The Morgan fingerprint density at radius 1 is 1.00 bits per heavy atom. The molecule has 0 bridgehead atoms. The van der Waals surface area contributed by atoms with Gasteiger partial charge in [0.1, 0.15) is 0 Å². The van der Waals surface area contributed by atoms with Crippen LogP contribution in [0.1, 0.15) is 80.0 Å². The zero-order valence-electron chi connectivity index (χ0n) is 16.8. The average molecular weight is 357 g/mol. The SMILES string of the molecule is C=C(C)CCc1cc(-c2cccc3c2CCC3=C)cc(C2CCCCC2)c1. The highest BCUT2D eigenvalue weighted by Gasteiger charge is 2.21. The molecular weight excluding hydrogens is 324 g/mol. The molecule has 2 aliphatic rings. The number of hydrogen-bond acceptors (Lipinski definition) is 0. The van der Waals surface area contributed by atoms with Crippen LogP contribution in [0.15, 0.2) is 55.1 Å². The van der Waals surface area contributed by atoms with Crippen molar-refractivity contribution in [2.24, 2.45) is 0 Å². The van der Waals surface area contributed by atoms with E-state index in [4.69, 9.17) is 0 Å². The summed E-state index contributed by atoms with van der Waals surface area (Å²) in [7, 11) is 0. The van der Waals surface area contributed by atoms with E-state index in [1.807, 2.05) is 0 Å². The molecule has 2 aromatic carbocycles. The first kappa shape index (κ1) is 18.3. The van der Waals surface area contributed by atoms with Crippen molar-refractivity contribution in [3.8, 4) is 11.1 Å². The predicted molar refractivity (Wildman–Crippen MR) is 118 cm³/mol. The summed E-state index contributed by atoms with van der Waals surface area (Å²) in [5.41, 5.74) is 11.4. The molecule has 0 unspecified atom stereocenters. The van der Waals surface area contributed by atoms with Crippen LogP contribution in [-0.4, -0.2) is 0 Å². The van der Waals surface area contributed by atoms with Crippen molar-refractivity contribution in [2.75, 3.05) is 0 Å². The first-order chi connectivity index (χ1) is 13.1. The normalized spacial score (nSPS) is 17.1. The van der Waals surface area contributed by atoms with Crippen molar-refractivity contribution in [1.82, 2.24) is 0 Å². The zero-order chi connectivity index (χ0) is 18.8. The van der Waals surface area contributed by atoms with Gasteiger partial charge >= 0.3 is 0 Å². The summed E-state index contributed by atoms with van der Waals surface area (Å²) in [6.45, 7) is 10.5. The second kappa shape index (κ2) is 7.89. The maximum absolute atomic E-state index is 4.28. The minimum Gasteiger partial charge on any atom is -0.100 e. The zero-order valence-corrected chi connectivity index (χ0v) is 16.8. The molecule has 0 radical (unpaired) electrons. The number of hydrogen-bond donors (Lipinski definition) is 0. The third-order valence-electron chi connectivity index (χ3n) is 6.48. The third-order valence-corrected chi connectivity index (χ3v) is 6.48. The Morgan fingerprint density at radius 3 is 2.56 bits per heavy atom. The highest BCUT2D eigenvalue weighted by atomic mass is 14.3. The molecular formula is C27H32. The largest absolute Gasteiger partial charge is 0.100 e. The lowest BCUT2D eigenvalue weighted by Crippen LogP contribution is -2.05. The van der Waals surface area contributed by atoms with Crippen molar-refractivity contribution in [3.05, 3.63) is 77.4 Å². The van der Waals surface area contributed by atoms with Crippen molar-refractivity contribution in [2.45, 2.75) is 70.6 Å². The molecule has 0 nitrogen and oxygen atoms in total. The quantitative estimate of drug-likeness (QED) is 0.478. The Balaban J connectivity index is 1.76. The Hall–Kier alpha value is -2.08. The smallest absolute Gasteiger partial charge is 0.0146 e. The molecule has 2 aromatic rings. The lowest BCUT2D eigenvalue weighted by atomic mass is 9.81. The van der Waals surface area contributed by atoms with Crippen molar-refractivity contribution < 1.29 is 0 Å². The molecule has 0 heterocycles. The predicted octanol–water partition coefficient (Wildman–Crippen LogP) is 7.87. The third kappa shape index (κ3) is 3.95. The van der Waals surface area contributed by atoms with Gasteiger partial charge in [0.2, 0.25) is 0 Å². The van der Waals surface area contributed by atoms with Crippen LogP contribution in [0.4, 0.5) is 0 Å². The van der Waals surface area contributed by atoms with Gasteiger partial charge in [0.15, 0.2) is 0 Å². The summed E-state index contributed by atoms with van der Waals surface area (Å²) in [5.74, 6) is 0.744. The first-order valence-electron chi connectivity index (χ1n) is 10.7. The Bertz CT molecular complexity index is 862. The Labute approximate surface area is 165 Å². The van der Waals surface area contributed by atoms with E-state index in [-0.39, 0.29) is 0 Å². The summed E-state index contributed by atoms with van der Waals surface area (Å²) in [6.07, 6.45) is 11.3. The summed E-state index contributed by atoms with van der Waals surface area (Å²) in [5, 5.41) is 0. The van der Waals surface area contributed by atoms with E-state index in [2.05, 4.69) is 56.5 Å². The lowest BCUT2D eigenvalue weighted by molar-refractivity contribution is 0.443. The molecule has 2 aliphatic carbocycles. The van der Waals surface area contributed by atoms with Gasteiger partial charge in [0, 0.05) is 0 Å². The van der Waals surface area contributed by atoms with Crippen molar-refractivity contribution >= 4 is 5.57 Å². The molecule has 140 valence electrons. The number of allylic oxidation sites excluding steroid dienone is 2. The molecule has 0 aliphatic heterocycles. The van der Waals surface area contributed by atoms with Gasteiger partial charge in [-0.3, -0.25) is 0 Å². The fourth-order valence-corrected chi connectivity index (χ4v) is 4.92. The number of fused-ring (bicyclic) bond motifs is 1. The van der Waals surface area contributed by atoms with Gasteiger partial charge in [0.25, 0.3) is 0 Å². The van der Waals surface area contributed by atoms with Crippen LogP contribution in [-0.2, 0) is 12.8 Å². The Morgan fingerprint density at radius 2 is 1.78 bits per heavy atom. The molecule has 0 aromatic heterocycles. The van der Waals surface area contributed by atoms with Crippen LogP contribution in [0.5, 0.6) is 0 Å². The molecule has 27 heavy (non-hydrogen) atoms. The van der Waals surface area contributed by atoms with E-state index in [1.54, 1.807) is 5.56 Å². The molecule has 0 atom stereocenters. The molecule has 0 amide bonds. The Kier molecular flexibility index (Phi) is 5.34. The summed E-state index contributed by atoms with van der Waals surface area (Å²) >= 11 is 0. The highest BCUT2D eigenvalue weighted by molar-refractivity contribution is 5.80. The van der Waals surface area contributed by atoms with E-state index < -0.39 is 0 Å². The minimum absolute atomic E-state index is 0.744. The van der Waals surface area contributed by atoms with Crippen molar-refractivity contribution in [1.29, 1.82) is 0 Å². The number of aryl methyl sites for hydroxylation is 1. The van der Waals surface area contributed by atoms with Crippen LogP contribution in [0.2, 0.25) is 0 Å². The van der Waals surface area contributed by atoms with Crippen molar-refractivity contribution in [3.63, 3.8) is 0 Å². The second-order valence-corrected chi connectivity index (χ2v) is 8.69. The molecule has 0 saturated heterocycles. The van der Waals surface area contributed by atoms with Gasteiger partial charge < -0.3 is 0 Å². The highest BCUT2D eigenvalue weighted by Crippen LogP contribution is 2.40.